The third-order valence-electron chi connectivity index (χ3n) is 3.95. The first kappa shape index (κ1) is 21.7. The SMILES string of the molecule is N#Cc1cc(Cl)cc(Oc2cccc(OCC(=O)c3ccc(OCC(=O)O)cc3)c2)c1. The van der Waals surface area contributed by atoms with Gasteiger partial charge < -0.3 is 19.3 Å². The number of nitrogens with zero attached hydrogens (tertiary/aromatic N) is 1. The Morgan fingerprint density at radius 2 is 1.58 bits per heavy atom. The number of aliphatic carboxylic acids is 1. The summed E-state index contributed by atoms with van der Waals surface area (Å²) in [5, 5.41) is 18.0. The van der Waals surface area contributed by atoms with Crippen LogP contribution in [0.1, 0.15) is 15.9 Å². The van der Waals surface area contributed by atoms with Crippen LogP contribution in [0, 0.1) is 11.3 Å². The van der Waals surface area contributed by atoms with Crippen LogP contribution < -0.4 is 14.2 Å². The molecule has 0 unspecified atom stereocenters. The molecule has 3 rings (SSSR count). The maximum absolute atomic E-state index is 12.3. The number of hydrogen-bond donors (Lipinski definition) is 1. The van der Waals surface area contributed by atoms with Crippen LogP contribution in [0.4, 0.5) is 0 Å². The fourth-order valence-electron chi connectivity index (χ4n) is 2.56. The minimum absolute atomic E-state index is 0.200. The molecule has 0 saturated carbocycles. The van der Waals surface area contributed by atoms with Crippen molar-refractivity contribution in [2.75, 3.05) is 13.2 Å². The van der Waals surface area contributed by atoms with E-state index in [0.29, 0.717) is 39.1 Å². The number of rotatable bonds is 9. The molecule has 1 N–H and O–H groups in total. The van der Waals surface area contributed by atoms with Crippen LogP contribution in [0.5, 0.6) is 23.0 Å². The second kappa shape index (κ2) is 10.1. The lowest BCUT2D eigenvalue weighted by molar-refractivity contribution is -0.139. The Morgan fingerprint density at radius 3 is 2.29 bits per heavy atom. The predicted molar refractivity (Wildman–Crippen MR) is 112 cm³/mol. The lowest BCUT2D eigenvalue weighted by atomic mass is 10.1. The second-order valence-corrected chi connectivity index (χ2v) is 6.72. The van der Waals surface area contributed by atoms with Crippen molar-refractivity contribution in [3.63, 3.8) is 0 Å². The highest BCUT2D eigenvalue weighted by atomic mass is 35.5. The average molecular weight is 438 g/mol. The van der Waals surface area contributed by atoms with Crippen LogP contribution in [0.3, 0.4) is 0 Å². The van der Waals surface area contributed by atoms with Crippen LogP contribution in [-0.4, -0.2) is 30.1 Å². The van der Waals surface area contributed by atoms with Crippen molar-refractivity contribution in [3.8, 4) is 29.1 Å². The van der Waals surface area contributed by atoms with Gasteiger partial charge in [0.25, 0.3) is 0 Å². The summed E-state index contributed by atoms with van der Waals surface area (Å²) in [6.45, 7) is -0.656. The zero-order valence-corrected chi connectivity index (χ0v) is 16.8. The Kier molecular flexibility index (Phi) is 7.09. The predicted octanol–water partition coefficient (Wildman–Crippen LogP) is 4.73. The van der Waals surface area contributed by atoms with Crippen molar-refractivity contribution in [1.82, 2.24) is 0 Å². The van der Waals surface area contributed by atoms with Gasteiger partial charge in [0.1, 0.15) is 23.0 Å². The van der Waals surface area contributed by atoms with Crippen LogP contribution in [0.15, 0.2) is 66.7 Å². The third kappa shape index (κ3) is 6.49. The van der Waals surface area contributed by atoms with Gasteiger partial charge in [-0.3, -0.25) is 4.79 Å². The fraction of sp³-hybridized carbons (Fsp3) is 0.0870. The summed E-state index contributed by atoms with van der Waals surface area (Å²) in [4.78, 5) is 22.9. The van der Waals surface area contributed by atoms with E-state index in [2.05, 4.69) is 0 Å². The van der Waals surface area contributed by atoms with Gasteiger partial charge in [-0.1, -0.05) is 17.7 Å². The monoisotopic (exact) mass is 437 g/mol. The number of ether oxygens (including phenoxy) is 3. The third-order valence-corrected chi connectivity index (χ3v) is 4.17. The van der Waals surface area contributed by atoms with Crippen molar-refractivity contribution in [3.05, 3.63) is 82.9 Å². The Hall–Kier alpha value is -4.02. The molecule has 0 aliphatic heterocycles. The number of halogens is 1. The Morgan fingerprint density at radius 1 is 0.871 bits per heavy atom. The van der Waals surface area contributed by atoms with Gasteiger partial charge in [-0.25, -0.2) is 4.79 Å². The van der Waals surface area contributed by atoms with Gasteiger partial charge in [0, 0.05) is 16.7 Å². The summed E-state index contributed by atoms with van der Waals surface area (Å²) in [6.07, 6.45) is 0. The number of carbonyl (C=O) groups is 2. The summed E-state index contributed by atoms with van der Waals surface area (Å²) in [6, 6.07) is 19.5. The van der Waals surface area contributed by atoms with Crippen molar-refractivity contribution in [1.29, 1.82) is 5.26 Å². The number of benzene rings is 3. The molecule has 3 aromatic carbocycles. The van der Waals surface area contributed by atoms with E-state index in [1.807, 2.05) is 6.07 Å². The molecule has 0 fully saturated rings. The summed E-state index contributed by atoms with van der Waals surface area (Å²) in [5.41, 5.74) is 0.776. The highest BCUT2D eigenvalue weighted by molar-refractivity contribution is 6.30. The van der Waals surface area contributed by atoms with Gasteiger partial charge in [0.2, 0.25) is 0 Å². The molecule has 0 aliphatic rings. The molecule has 156 valence electrons. The van der Waals surface area contributed by atoms with E-state index in [4.69, 9.17) is 36.2 Å². The van der Waals surface area contributed by atoms with Crippen LogP contribution >= 0.6 is 11.6 Å². The molecule has 7 nitrogen and oxygen atoms in total. The molecule has 0 bridgehead atoms. The molecule has 0 saturated heterocycles. The number of carboxylic acid groups (broad SMARTS) is 1. The number of carboxylic acids is 1. The van der Waals surface area contributed by atoms with Crippen LogP contribution in [0.25, 0.3) is 0 Å². The molecule has 31 heavy (non-hydrogen) atoms. The Labute approximate surface area is 183 Å². The number of carbonyl (C=O) groups excluding carboxylic acids is 1. The molecule has 0 heterocycles. The van der Waals surface area contributed by atoms with E-state index in [-0.39, 0.29) is 12.4 Å². The van der Waals surface area contributed by atoms with Crippen molar-refractivity contribution in [2.45, 2.75) is 0 Å². The van der Waals surface area contributed by atoms with Crippen molar-refractivity contribution >= 4 is 23.4 Å². The Balaban J connectivity index is 1.60. The first-order valence-corrected chi connectivity index (χ1v) is 9.40. The maximum Gasteiger partial charge on any atom is 0.341 e. The van der Waals surface area contributed by atoms with Gasteiger partial charge in [-0.15, -0.1) is 0 Å². The van der Waals surface area contributed by atoms with Crippen LogP contribution in [-0.2, 0) is 4.79 Å². The molecule has 0 radical (unpaired) electrons. The zero-order valence-electron chi connectivity index (χ0n) is 16.1. The summed E-state index contributed by atoms with van der Waals surface area (Å²) in [5.74, 6) is 0.295. The normalized spacial score (nSPS) is 10.1. The topological polar surface area (TPSA) is 106 Å². The number of ketones is 1. The molecule has 0 aromatic heterocycles. The van der Waals surface area contributed by atoms with Gasteiger partial charge in [0.15, 0.2) is 19.0 Å². The maximum atomic E-state index is 12.3. The minimum atomic E-state index is -1.08. The Bertz CT molecular complexity index is 1140. The van der Waals surface area contributed by atoms with Gasteiger partial charge >= 0.3 is 5.97 Å². The highest BCUT2D eigenvalue weighted by Gasteiger charge is 2.09. The summed E-state index contributed by atoms with van der Waals surface area (Å²) < 4.78 is 16.3. The van der Waals surface area contributed by atoms with E-state index < -0.39 is 12.6 Å². The van der Waals surface area contributed by atoms with E-state index in [1.165, 1.54) is 30.3 Å². The standard InChI is InChI=1S/C23H16ClNO6/c24-17-8-15(12-25)9-21(10-17)31-20-3-1-2-19(11-20)29-13-22(26)16-4-6-18(7-5-16)30-14-23(27)28/h1-11H,13-14H2,(H,27,28). The quantitative estimate of drug-likeness (QED) is 0.482. The number of hydrogen-bond acceptors (Lipinski definition) is 6. The lowest BCUT2D eigenvalue weighted by Crippen LogP contribution is -2.12. The first-order valence-electron chi connectivity index (χ1n) is 9.02. The van der Waals surface area contributed by atoms with E-state index >= 15 is 0 Å². The fourth-order valence-corrected chi connectivity index (χ4v) is 2.79. The molecule has 8 heteroatoms. The molecule has 0 atom stereocenters. The average Bonchev–Trinajstić information content (AvgIpc) is 2.76. The highest BCUT2D eigenvalue weighted by Crippen LogP contribution is 2.28. The smallest absolute Gasteiger partial charge is 0.341 e. The first-order chi connectivity index (χ1) is 14.9. The molecule has 3 aromatic rings. The van der Waals surface area contributed by atoms with Gasteiger partial charge in [-0.2, -0.15) is 5.26 Å². The molecular formula is C23H16ClNO6. The van der Waals surface area contributed by atoms with E-state index in [9.17, 15) is 9.59 Å². The number of Topliss-reactive ketones (excluding diaryl/α,β-unsaturated/α-hetero) is 1. The van der Waals surface area contributed by atoms with Gasteiger partial charge in [0.05, 0.1) is 11.6 Å². The molecule has 0 aliphatic carbocycles. The minimum Gasteiger partial charge on any atom is -0.485 e. The van der Waals surface area contributed by atoms with E-state index in [1.54, 1.807) is 36.4 Å². The molecular weight excluding hydrogens is 422 g/mol. The second-order valence-electron chi connectivity index (χ2n) is 6.28. The lowest BCUT2D eigenvalue weighted by Gasteiger charge is -2.10. The summed E-state index contributed by atoms with van der Waals surface area (Å²) in [7, 11) is 0. The summed E-state index contributed by atoms with van der Waals surface area (Å²) >= 11 is 5.98. The van der Waals surface area contributed by atoms with Crippen molar-refractivity contribution in [2.24, 2.45) is 0 Å². The molecule has 0 spiro atoms. The van der Waals surface area contributed by atoms with Gasteiger partial charge in [-0.05, 0) is 54.6 Å². The zero-order chi connectivity index (χ0) is 22.2. The number of nitriles is 1. The van der Waals surface area contributed by atoms with E-state index in [0.717, 1.165) is 0 Å². The molecule has 0 amide bonds. The van der Waals surface area contributed by atoms with Crippen molar-refractivity contribution < 1.29 is 28.9 Å². The van der Waals surface area contributed by atoms with Crippen LogP contribution in [0.2, 0.25) is 5.02 Å². The largest absolute Gasteiger partial charge is 0.485 e.